The fraction of sp³-hybridized carbons (Fsp3) is 0.103. The second-order valence-corrected chi connectivity index (χ2v) is 10.8. The fourth-order valence-electron chi connectivity index (χ4n) is 4.64. The Morgan fingerprint density at radius 3 is 1.43 bits per heavy atom. The molecule has 0 fully saturated rings. The van der Waals surface area contributed by atoms with Crippen molar-refractivity contribution in [1.29, 1.82) is 0 Å². The van der Waals surface area contributed by atoms with Gasteiger partial charge >= 0.3 is 0 Å². The monoisotopic (exact) mass is 764 g/mol. The van der Waals surface area contributed by atoms with E-state index in [2.05, 4.69) is 35.2 Å². The van der Waals surface area contributed by atoms with E-state index in [-0.39, 0.29) is 31.9 Å². The van der Waals surface area contributed by atoms with E-state index in [1.54, 1.807) is 37.2 Å². The summed E-state index contributed by atoms with van der Waals surface area (Å²) >= 11 is 0. The van der Waals surface area contributed by atoms with Crippen molar-refractivity contribution in [2.24, 2.45) is 0 Å². The van der Waals surface area contributed by atoms with E-state index < -0.39 is 11.8 Å². The van der Waals surface area contributed by atoms with E-state index in [9.17, 15) is 14.4 Å². The van der Waals surface area contributed by atoms with Gasteiger partial charge in [-0.1, -0.05) is 24.3 Å². The van der Waals surface area contributed by atoms with Gasteiger partial charge in [0, 0.05) is 75.4 Å². The van der Waals surface area contributed by atoms with Crippen LogP contribution < -0.4 is 5.32 Å². The number of rotatable bonds is 8. The molecule has 0 aliphatic carbocycles. The molecule has 0 saturated carbocycles. The van der Waals surface area contributed by atoms with Crippen LogP contribution in [0.25, 0.3) is 34.2 Å². The molecular formula is C39H34N8O3Ru. The number of imide groups is 1. The quantitative estimate of drug-likeness (QED) is 0.161. The summed E-state index contributed by atoms with van der Waals surface area (Å²) in [6, 6.07) is 30.9. The van der Waals surface area contributed by atoms with Crippen LogP contribution >= 0.6 is 0 Å². The van der Waals surface area contributed by atoms with Gasteiger partial charge in [0.05, 0.1) is 34.2 Å². The fourth-order valence-corrected chi connectivity index (χ4v) is 4.64. The summed E-state index contributed by atoms with van der Waals surface area (Å²) < 4.78 is 0. The molecule has 0 spiro atoms. The van der Waals surface area contributed by atoms with Crippen LogP contribution in [0.1, 0.15) is 11.1 Å². The van der Waals surface area contributed by atoms with Crippen molar-refractivity contribution in [2.75, 3.05) is 13.1 Å². The SMILES string of the molecule is Cc1ccnc(-c2cc(CCNC(=O)CN3C(=O)C=CC3=O)ccn2)c1.[Ru].c1ccc(-c2ccccn2)nc1.c1ccc(-c2ccccn2)nc1. The topological polar surface area (TPSA) is 144 Å². The summed E-state index contributed by atoms with van der Waals surface area (Å²) in [7, 11) is 0. The molecule has 12 heteroatoms. The summed E-state index contributed by atoms with van der Waals surface area (Å²) in [5.74, 6) is -1.30. The molecule has 0 atom stereocenters. The molecule has 7 rings (SSSR count). The molecule has 256 valence electrons. The van der Waals surface area contributed by atoms with Gasteiger partial charge in [0.1, 0.15) is 6.54 Å². The predicted octanol–water partition coefficient (Wildman–Crippen LogP) is 5.32. The maximum absolute atomic E-state index is 11.9. The van der Waals surface area contributed by atoms with E-state index in [1.807, 2.05) is 104 Å². The minimum atomic E-state index is -0.463. The number of carbonyl (C=O) groups is 3. The largest absolute Gasteiger partial charge is 0.354 e. The van der Waals surface area contributed by atoms with Crippen LogP contribution in [0.15, 0.2) is 146 Å². The standard InChI is InChI=1S/C19H18N4O3.2C10H8N2.Ru/c1-13-4-7-20-15(10-13)16-11-14(5-8-21-16)6-9-22-17(24)12-23-18(25)2-3-19(23)26;2*1-3-7-11-9(5-1)10-6-2-4-8-12-10;/h2-5,7-8,10-11H,6,9,12H2,1H3,(H,22,24);2*1-8H;. The molecule has 11 nitrogen and oxygen atoms in total. The van der Waals surface area contributed by atoms with E-state index >= 15 is 0 Å². The van der Waals surface area contributed by atoms with Crippen molar-refractivity contribution >= 4 is 17.7 Å². The van der Waals surface area contributed by atoms with E-state index in [4.69, 9.17) is 0 Å². The number of hydrogen-bond donors (Lipinski definition) is 1. The average molecular weight is 764 g/mol. The van der Waals surface area contributed by atoms with Crippen molar-refractivity contribution in [1.82, 2.24) is 40.1 Å². The van der Waals surface area contributed by atoms with E-state index in [1.165, 1.54) is 0 Å². The molecule has 7 heterocycles. The van der Waals surface area contributed by atoms with Crippen molar-refractivity contribution < 1.29 is 33.9 Å². The molecule has 3 amide bonds. The van der Waals surface area contributed by atoms with Gasteiger partial charge in [-0.15, -0.1) is 0 Å². The molecule has 1 aliphatic heterocycles. The summed E-state index contributed by atoms with van der Waals surface area (Å²) in [6.45, 7) is 2.13. The number of aromatic nitrogens is 6. The van der Waals surface area contributed by atoms with Gasteiger partial charge in [0.15, 0.2) is 0 Å². The van der Waals surface area contributed by atoms with Gasteiger partial charge in [-0.2, -0.15) is 0 Å². The Labute approximate surface area is 308 Å². The van der Waals surface area contributed by atoms with Crippen LogP contribution in [-0.4, -0.2) is 65.6 Å². The van der Waals surface area contributed by atoms with Crippen LogP contribution in [0.5, 0.6) is 0 Å². The third-order valence-corrected chi connectivity index (χ3v) is 7.12. The average Bonchev–Trinajstić information content (AvgIpc) is 3.49. The smallest absolute Gasteiger partial charge is 0.254 e. The first kappa shape index (κ1) is 37.7. The molecule has 51 heavy (non-hydrogen) atoms. The number of nitrogens with zero attached hydrogens (tertiary/aromatic N) is 7. The minimum absolute atomic E-state index is 0. The molecule has 6 aromatic heterocycles. The second kappa shape index (κ2) is 19.8. The van der Waals surface area contributed by atoms with Gasteiger partial charge in [-0.25, -0.2) is 0 Å². The number of hydrogen-bond acceptors (Lipinski definition) is 9. The predicted molar refractivity (Wildman–Crippen MR) is 190 cm³/mol. The summed E-state index contributed by atoms with van der Waals surface area (Å²) in [6.07, 6.45) is 13.5. The molecule has 0 unspecified atom stereocenters. The molecule has 1 aliphatic rings. The van der Waals surface area contributed by atoms with Crippen LogP contribution in [0, 0.1) is 6.92 Å². The number of aryl methyl sites for hydroxylation is 1. The molecule has 1 N–H and O–H groups in total. The van der Waals surface area contributed by atoms with E-state index in [0.29, 0.717) is 13.0 Å². The van der Waals surface area contributed by atoms with Gasteiger partial charge in [0.25, 0.3) is 11.8 Å². The van der Waals surface area contributed by atoms with Gasteiger partial charge in [-0.05, 0) is 97.3 Å². The van der Waals surface area contributed by atoms with Gasteiger partial charge in [-0.3, -0.25) is 49.2 Å². The Kier molecular flexibility index (Phi) is 14.6. The first-order valence-electron chi connectivity index (χ1n) is 15.8. The zero-order chi connectivity index (χ0) is 35.0. The van der Waals surface area contributed by atoms with Crippen LogP contribution in [-0.2, 0) is 40.3 Å². The van der Waals surface area contributed by atoms with Crippen molar-refractivity contribution in [2.45, 2.75) is 13.3 Å². The molecule has 0 radical (unpaired) electrons. The Morgan fingerprint density at radius 2 is 1.00 bits per heavy atom. The summed E-state index contributed by atoms with van der Waals surface area (Å²) in [5, 5.41) is 2.72. The molecule has 0 aromatic carbocycles. The van der Waals surface area contributed by atoms with Crippen LogP contribution in [0.2, 0.25) is 0 Å². The van der Waals surface area contributed by atoms with Crippen molar-refractivity contribution in [3.05, 3.63) is 158 Å². The third kappa shape index (κ3) is 11.8. The zero-order valence-corrected chi connectivity index (χ0v) is 29.4. The summed E-state index contributed by atoms with van der Waals surface area (Å²) in [5.41, 5.74) is 7.35. The van der Waals surface area contributed by atoms with Crippen LogP contribution in [0.4, 0.5) is 0 Å². The Morgan fingerprint density at radius 1 is 0.569 bits per heavy atom. The van der Waals surface area contributed by atoms with Crippen molar-refractivity contribution in [3.63, 3.8) is 0 Å². The molecule has 0 bridgehead atoms. The maximum atomic E-state index is 11.9. The number of carbonyl (C=O) groups excluding carboxylic acids is 3. The molecule has 0 saturated heterocycles. The maximum Gasteiger partial charge on any atom is 0.254 e. The summed E-state index contributed by atoms with van der Waals surface area (Å²) in [4.78, 5) is 61.1. The second-order valence-electron chi connectivity index (χ2n) is 10.8. The minimum Gasteiger partial charge on any atom is -0.354 e. The first-order chi connectivity index (χ1) is 24.5. The number of nitrogens with one attached hydrogen (secondary N) is 1. The molecular weight excluding hydrogens is 730 g/mol. The van der Waals surface area contributed by atoms with Gasteiger partial charge in [0.2, 0.25) is 5.91 Å². The third-order valence-electron chi connectivity index (χ3n) is 7.12. The van der Waals surface area contributed by atoms with Crippen LogP contribution in [0.3, 0.4) is 0 Å². The molecule has 6 aromatic rings. The number of amides is 3. The first-order valence-corrected chi connectivity index (χ1v) is 15.8. The van der Waals surface area contributed by atoms with E-state index in [0.717, 1.165) is 62.3 Å². The van der Waals surface area contributed by atoms with Gasteiger partial charge < -0.3 is 5.32 Å². The number of pyridine rings is 6. The van der Waals surface area contributed by atoms with Crippen molar-refractivity contribution in [3.8, 4) is 34.2 Å². The normalized spacial score (nSPS) is 11.4. The Balaban J connectivity index is 0.000000193. The Bertz CT molecular complexity index is 1870. The zero-order valence-electron chi connectivity index (χ0n) is 27.7. The Hall–Kier alpha value is -6.13.